The van der Waals surface area contributed by atoms with Gasteiger partial charge in [-0.15, -0.1) is 0 Å². The van der Waals surface area contributed by atoms with Crippen molar-refractivity contribution in [3.63, 3.8) is 0 Å². The van der Waals surface area contributed by atoms with Crippen LogP contribution >= 0.6 is 0 Å². The van der Waals surface area contributed by atoms with Gasteiger partial charge in [0.25, 0.3) is 0 Å². The number of hydrogen-bond acceptors (Lipinski definition) is 1. The molecule has 0 atom stereocenters. The van der Waals surface area contributed by atoms with Gasteiger partial charge in [-0.3, -0.25) is 0 Å². The summed E-state index contributed by atoms with van der Waals surface area (Å²) in [6.07, 6.45) is -8.52. The molecule has 0 spiro atoms. The molecule has 0 saturated heterocycles. The molecule has 122 valence electrons. The third kappa shape index (κ3) is 3.91. The van der Waals surface area contributed by atoms with Crippen LogP contribution in [0.3, 0.4) is 0 Å². The van der Waals surface area contributed by atoms with E-state index in [9.17, 15) is 31.1 Å². The lowest BCUT2D eigenvalue weighted by Gasteiger charge is -2.14. The van der Waals surface area contributed by atoms with Gasteiger partial charge in [-0.2, -0.15) is 26.3 Å². The Balaban J connectivity index is 2.31. The van der Waals surface area contributed by atoms with Gasteiger partial charge in [-0.05, 0) is 35.4 Å². The maximum atomic E-state index is 12.5. The first-order valence-corrected chi connectivity index (χ1v) is 6.42. The van der Waals surface area contributed by atoms with Crippen LogP contribution in [-0.2, 0) is 17.1 Å². The van der Waals surface area contributed by atoms with Gasteiger partial charge >= 0.3 is 12.4 Å². The minimum atomic E-state index is -4.50. The van der Waals surface area contributed by atoms with Crippen molar-refractivity contribution in [2.24, 2.45) is 0 Å². The van der Waals surface area contributed by atoms with Crippen molar-refractivity contribution in [2.45, 2.75) is 18.3 Å². The molecule has 0 unspecified atom stereocenters. The molecule has 2 rings (SSSR count). The predicted molar refractivity (Wildman–Crippen MR) is 70.8 cm³/mol. The Bertz CT molecular complexity index is 610. The summed E-state index contributed by atoms with van der Waals surface area (Å²) < 4.78 is 75.0. The van der Waals surface area contributed by atoms with Gasteiger partial charge in [-0.25, -0.2) is 0 Å². The van der Waals surface area contributed by atoms with Crippen molar-refractivity contribution in [2.75, 3.05) is 0 Å². The summed E-state index contributed by atoms with van der Waals surface area (Å²) >= 11 is 0. The number of rotatable bonds is 3. The fraction of sp³-hybridized carbons (Fsp3) is 0.188. The van der Waals surface area contributed by atoms with Crippen molar-refractivity contribution in [1.82, 2.24) is 0 Å². The van der Waals surface area contributed by atoms with Crippen molar-refractivity contribution in [1.29, 1.82) is 0 Å². The number of benzene rings is 2. The quantitative estimate of drug-likeness (QED) is 0.567. The first-order valence-electron chi connectivity index (χ1n) is 6.42. The zero-order valence-corrected chi connectivity index (χ0v) is 11.4. The molecule has 23 heavy (non-hydrogen) atoms. The molecule has 2 aromatic rings. The van der Waals surface area contributed by atoms with Crippen molar-refractivity contribution in [3.05, 3.63) is 70.8 Å². The molecule has 0 aromatic heterocycles. The summed E-state index contributed by atoms with van der Waals surface area (Å²) in [7, 11) is 0. The first-order chi connectivity index (χ1) is 10.6. The van der Waals surface area contributed by atoms with Crippen LogP contribution < -0.4 is 0 Å². The van der Waals surface area contributed by atoms with Crippen LogP contribution in [0.25, 0.3) is 0 Å². The third-order valence-corrected chi connectivity index (χ3v) is 3.33. The fourth-order valence-corrected chi connectivity index (χ4v) is 2.11. The second kappa shape index (κ2) is 6.06. The molecule has 0 aliphatic heterocycles. The number of aldehydes is 1. The minimum Gasteiger partial charge on any atom is -0.302 e. The Kier molecular flexibility index (Phi) is 4.49. The average molecular weight is 332 g/mol. The van der Waals surface area contributed by atoms with E-state index in [4.69, 9.17) is 0 Å². The topological polar surface area (TPSA) is 17.1 Å². The SMILES string of the molecule is O=CC(c1ccc(C(F)(F)F)cc1)c1ccc(C(F)(F)F)cc1. The van der Waals surface area contributed by atoms with Gasteiger partial charge in [0.2, 0.25) is 0 Å². The highest BCUT2D eigenvalue weighted by Gasteiger charge is 2.31. The smallest absolute Gasteiger partial charge is 0.302 e. The second-order valence-corrected chi connectivity index (χ2v) is 4.85. The lowest BCUT2D eigenvalue weighted by atomic mass is 9.91. The van der Waals surface area contributed by atoms with E-state index in [1.54, 1.807) is 0 Å². The number of hydrogen-bond donors (Lipinski definition) is 0. The summed E-state index contributed by atoms with van der Waals surface area (Å²) in [5, 5.41) is 0. The number of alkyl halides is 6. The lowest BCUT2D eigenvalue weighted by Crippen LogP contribution is -2.08. The van der Waals surface area contributed by atoms with Crippen LogP contribution in [0, 0.1) is 0 Å². The van der Waals surface area contributed by atoms with Crippen LogP contribution in [0.5, 0.6) is 0 Å². The Hall–Kier alpha value is -2.31. The molecule has 2 aromatic carbocycles. The Morgan fingerprint density at radius 1 is 0.652 bits per heavy atom. The van der Waals surface area contributed by atoms with Crippen LogP contribution in [0.2, 0.25) is 0 Å². The van der Waals surface area contributed by atoms with Crippen LogP contribution in [-0.4, -0.2) is 6.29 Å². The summed E-state index contributed by atoms with van der Waals surface area (Å²) in [4.78, 5) is 11.2. The first kappa shape index (κ1) is 17.1. The zero-order valence-electron chi connectivity index (χ0n) is 11.4. The monoisotopic (exact) mass is 332 g/mol. The van der Waals surface area contributed by atoms with Crippen LogP contribution in [0.15, 0.2) is 48.5 Å². The second-order valence-electron chi connectivity index (χ2n) is 4.85. The highest BCUT2D eigenvalue weighted by molar-refractivity contribution is 5.68. The molecule has 0 amide bonds. The summed E-state index contributed by atoms with van der Waals surface area (Å²) in [6, 6.07) is 7.87. The van der Waals surface area contributed by atoms with Crippen molar-refractivity contribution >= 4 is 6.29 Å². The fourth-order valence-electron chi connectivity index (χ4n) is 2.11. The molecule has 0 bridgehead atoms. The van der Waals surface area contributed by atoms with Gasteiger partial charge in [0.1, 0.15) is 6.29 Å². The molecule has 7 heteroatoms. The molecule has 1 nitrogen and oxygen atoms in total. The highest BCUT2D eigenvalue weighted by Crippen LogP contribution is 2.33. The van der Waals surface area contributed by atoms with E-state index in [1.165, 1.54) is 0 Å². The summed E-state index contributed by atoms with van der Waals surface area (Å²) in [5.74, 6) is -0.931. The lowest BCUT2D eigenvalue weighted by molar-refractivity contribution is -0.138. The van der Waals surface area contributed by atoms with Crippen LogP contribution in [0.1, 0.15) is 28.2 Å². The van der Waals surface area contributed by atoms with E-state index in [2.05, 4.69) is 0 Å². The van der Waals surface area contributed by atoms with Crippen LogP contribution in [0.4, 0.5) is 26.3 Å². The number of carbonyl (C=O) groups excluding carboxylic acids is 1. The predicted octanol–water partition coefficient (Wildman–Crippen LogP) is 5.06. The normalized spacial score (nSPS) is 12.5. The van der Waals surface area contributed by atoms with E-state index >= 15 is 0 Å². The molecule has 0 heterocycles. The summed E-state index contributed by atoms with van der Waals surface area (Å²) in [6.45, 7) is 0. The van der Waals surface area contributed by atoms with E-state index in [0.717, 1.165) is 48.5 Å². The molecule has 0 fully saturated rings. The zero-order chi connectivity index (χ0) is 17.3. The van der Waals surface area contributed by atoms with Gasteiger partial charge in [0, 0.05) is 0 Å². The molecular formula is C16H10F6O. The molecule has 0 saturated carbocycles. The summed E-state index contributed by atoms with van der Waals surface area (Å²) in [5.41, 5.74) is -1.18. The average Bonchev–Trinajstić information content (AvgIpc) is 2.47. The number of carbonyl (C=O) groups is 1. The minimum absolute atomic E-state index is 0.271. The van der Waals surface area contributed by atoms with E-state index in [1.807, 2.05) is 0 Å². The van der Waals surface area contributed by atoms with Gasteiger partial charge in [-0.1, -0.05) is 24.3 Å². The molecule has 0 N–H and O–H groups in total. The van der Waals surface area contributed by atoms with Gasteiger partial charge < -0.3 is 4.79 Å². The van der Waals surface area contributed by atoms with Crippen molar-refractivity contribution in [3.8, 4) is 0 Å². The Labute approximate surface area is 127 Å². The Morgan fingerprint density at radius 2 is 0.957 bits per heavy atom. The molecular weight excluding hydrogens is 322 g/mol. The third-order valence-electron chi connectivity index (χ3n) is 3.33. The standard InChI is InChI=1S/C16H10F6O/c17-15(18,19)12-5-1-10(2-6-12)14(9-23)11-3-7-13(8-4-11)16(20,21)22/h1-9,14H. The van der Waals surface area contributed by atoms with E-state index in [-0.39, 0.29) is 11.1 Å². The van der Waals surface area contributed by atoms with Crippen molar-refractivity contribution < 1.29 is 31.1 Å². The largest absolute Gasteiger partial charge is 0.416 e. The maximum absolute atomic E-state index is 12.5. The molecule has 0 aliphatic rings. The van der Waals surface area contributed by atoms with Gasteiger partial charge in [0.05, 0.1) is 17.0 Å². The van der Waals surface area contributed by atoms with E-state index in [0.29, 0.717) is 6.29 Å². The van der Waals surface area contributed by atoms with E-state index < -0.39 is 29.4 Å². The Morgan fingerprint density at radius 3 is 1.17 bits per heavy atom. The molecule has 0 aliphatic carbocycles. The number of halogens is 6. The maximum Gasteiger partial charge on any atom is 0.416 e. The molecule has 0 radical (unpaired) electrons. The van der Waals surface area contributed by atoms with Gasteiger partial charge in [0.15, 0.2) is 0 Å². The highest BCUT2D eigenvalue weighted by atomic mass is 19.4.